The molecule has 0 fully saturated rings. The third-order valence-electron chi connectivity index (χ3n) is 4.68. The molecule has 0 aromatic carbocycles. The van der Waals surface area contributed by atoms with Crippen molar-refractivity contribution in [3.05, 3.63) is 51.9 Å². The molecular formula is C21H27N5O2. The fourth-order valence-corrected chi connectivity index (χ4v) is 3.28. The van der Waals surface area contributed by atoms with Gasteiger partial charge in [-0.05, 0) is 30.5 Å². The predicted molar refractivity (Wildman–Crippen MR) is 110 cm³/mol. The first-order chi connectivity index (χ1) is 13.4. The maximum absolute atomic E-state index is 13.0. The molecule has 0 aliphatic heterocycles. The summed E-state index contributed by atoms with van der Waals surface area (Å²) in [5.74, 6) is -0.0886. The highest BCUT2D eigenvalue weighted by Crippen LogP contribution is 2.12. The van der Waals surface area contributed by atoms with Gasteiger partial charge in [-0.2, -0.15) is 0 Å². The minimum Gasteiger partial charge on any atom is -0.352 e. The van der Waals surface area contributed by atoms with E-state index in [0.29, 0.717) is 29.8 Å². The van der Waals surface area contributed by atoms with Crippen molar-refractivity contribution in [3.8, 4) is 0 Å². The number of amides is 1. The van der Waals surface area contributed by atoms with Crippen molar-refractivity contribution in [2.75, 3.05) is 6.54 Å². The number of rotatable bonds is 7. The maximum atomic E-state index is 13.0. The molecule has 0 aliphatic carbocycles. The molecular weight excluding hydrogens is 354 g/mol. The Morgan fingerprint density at radius 1 is 1.29 bits per heavy atom. The Bertz CT molecular complexity index is 1130. The van der Waals surface area contributed by atoms with Crippen LogP contribution in [-0.4, -0.2) is 26.4 Å². The molecule has 0 unspecified atom stereocenters. The predicted octanol–water partition coefficient (Wildman–Crippen LogP) is 2.70. The second kappa shape index (κ2) is 8.37. The first kappa shape index (κ1) is 19.8. The molecule has 0 atom stereocenters. The van der Waals surface area contributed by atoms with E-state index in [0.717, 1.165) is 19.3 Å². The summed E-state index contributed by atoms with van der Waals surface area (Å²) in [4.78, 5) is 30.4. The van der Waals surface area contributed by atoms with Crippen molar-refractivity contribution >= 4 is 22.6 Å². The van der Waals surface area contributed by atoms with Crippen molar-refractivity contribution in [3.63, 3.8) is 0 Å². The fraction of sp³-hybridized carbons (Fsp3) is 0.429. The van der Waals surface area contributed by atoms with Crippen molar-refractivity contribution in [1.29, 1.82) is 5.41 Å². The van der Waals surface area contributed by atoms with Crippen LogP contribution in [0.15, 0.2) is 35.3 Å². The van der Waals surface area contributed by atoms with Gasteiger partial charge in [0.25, 0.3) is 11.5 Å². The molecule has 0 spiro atoms. The van der Waals surface area contributed by atoms with E-state index in [4.69, 9.17) is 5.41 Å². The van der Waals surface area contributed by atoms with Crippen molar-refractivity contribution < 1.29 is 4.79 Å². The largest absolute Gasteiger partial charge is 0.352 e. The lowest BCUT2D eigenvalue weighted by molar-refractivity contribution is 0.0950. The van der Waals surface area contributed by atoms with Crippen LogP contribution in [0.2, 0.25) is 0 Å². The highest BCUT2D eigenvalue weighted by molar-refractivity contribution is 5.96. The highest BCUT2D eigenvalue weighted by Gasteiger charge is 2.17. The van der Waals surface area contributed by atoms with E-state index in [1.54, 1.807) is 22.9 Å². The minimum absolute atomic E-state index is 0.0846. The van der Waals surface area contributed by atoms with E-state index in [1.807, 2.05) is 19.9 Å². The van der Waals surface area contributed by atoms with Crippen LogP contribution in [0.25, 0.3) is 16.7 Å². The summed E-state index contributed by atoms with van der Waals surface area (Å²) < 4.78 is 3.14. The normalized spacial score (nSPS) is 11.4. The van der Waals surface area contributed by atoms with Gasteiger partial charge in [0.05, 0.1) is 10.9 Å². The fourth-order valence-electron chi connectivity index (χ4n) is 3.28. The number of unbranched alkanes of at least 4 members (excludes halogenated alkanes) is 2. The number of aromatic nitrogens is 3. The maximum Gasteiger partial charge on any atom is 0.267 e. The van der Waals surface area contributed by atoms with Crippen LogP contribution in [0.3, 0.4) is 0 Å². The third kappa shape index (κ3) is 3.83. The summed E-state index contributed by atoms with van der Waals surface area (Å²) in [6.07, 6.45) is 4.66. The summed E-state index contributed by atoms with van der Waals surface area (Å²) in [5.41, 5.74) is 1.02. The lowest BCUT2D eigenvalue weighted by Crippen LogP contribution is -2.36. The number of carbonyl (C=O) groups is 1. The molecule has 3 aromatic heterocycles. The number of fused-ring (bicyclic) bond motifs is 2. The van der Waals surface area contributed by atoms with Gasteiger partial charge >= 0.3 is 0 Å². The standard InChI is InChI=1S/C21H27N5O2/c1-4-5-7-10-23-20(27)15-12-16-19(26(18(15)22)13-14(2)3)24-17-9-6-8-11-25(17)21(16)28/h6,8-9,11-12,14,22H,4-5,7,10,13H2,1-3H3,(H,23,27). The molecule has 28 heavy (non-hydrogen) atoms. The average Bonchev–Trinajstić information content (AvgIpc) is 2.67. The van der Waals surface area contributed by atoms with Crippen LogP contribution in [0.4, 0.5) is 0 Å². The zero-order valence-electron chi connectivity index (χ0n) is 16.7. The number of pyridine rings is 2. The number of carbonyl (C=O) groups excluding carboxylic acids is 1. The molecule has 3 heterocycles. The second-order valence-electron chi connectivity index (χ2n) is 7.46. The Morgan fingerprint density at radius 2 is 2.07 bits per heavy atom. The van der Waals surface area contributed by atoms with Crippen LogP contribution in [0.5, 0.6) is 0 Å². The number of hydrogen-bond acceptors (Lipinski definition) is 4. The Balaban J connectivity index is 2.20. The van der Waals surface area contributed by atoms with Crippen molar-refractivity contribution in [1.82, 2.24) is 19.3 Å². The van der Waals surface area contributed by atoms with E-state index in [9.17, 15) is 9.59 Å². The first-order valence-corrected chi connectivity index (χ1v) is 9.81. The van der Waals surface area contributed by atoms with Crippen LogP contribution in [-0.2, 0) is 6.54 Å². The van der Waals surface area contributed by atoms with Crippen LogP contribution in [0.1, 0.15) is 50.4 Å². The number of nitrogens with one attached hydrogen (secondary N) is 2. The van der Waals surface area contributed by atoms with E-state index in [2.05, 4.69) is 17.2 Å². The molecule has 3 rings (SSSR count). The van der Waals surface area contributed by atoms with Gasteiger partial charge in [0.1, 0.15) is 16.8 Å². The first-order valence-electron chi connectivity index (χ1n) is 9.81. The zero-order chi connectivity index (χ0) is 20.3. The van der Waals surface area contributed by atoms with Crippen molar-refractivity contribution in [2.45, 2.75) is 46.6 Å². The molecule has 7 heteroatoms. The second-order valence-corrected chi connectivity index (χ2v) is 7.46. The monoisotopic (exact) mass is 381 g/mol. The molecule has 148 valence electrons. The van der Waals surface area contributed by atoms with E-state index >= 15 is 0 Å². The molecule has 0 radical (unpaired) electrons. The Labute approximate surface area is 163 Å². The lowest BCUT2D eigenvalue weighted by atomic mass is 10.1. The summed E-state index contributed by atoms with van der Waals surface area (Å²) in [6, 6.07) is 6.86. The molecule has 0 aliphatic rings. The van der Waals surface area contributed by atoms with Crippen molar-refractivity contribution in [2.24, 2.45) is 5.92 Å². The van der Waals surface area contributed by atoms with Crippen LogP contribution in [0, 0.1) is 11.3 Å². The van der Waals surface area contributed by atoms with Gasteiger partial charge in [-0.3, -0.25) is 19.4 Å². The van der Waals surface area contributed by atoms with Gasteiger partial charge in [-0.15, -0.1) is 0 Å². The zero-order valence-corrected chi connectivity index (χ0v) is 16.7. The highest BCUT2D eigenvalue weighted by atomic mass is 16.1. The van der Waals surface area contributed by atoms with Gasteiger partial charge in [0, 0.05) is 19.3 Å². The van der Waals surface area contributed by atoms with Crippen LogP contribution < -0.4 is 16.4 Å². The smallest absolute Gasteiger partial charge is 0.267 e. The Kier molecular flexibility index (Phi) is 5.92. The quantitative estimate of drug-likeness (QED) is 0.487. The van der Waals surface area contributed by atoms with E-state index < -0.39 is 0 Å². The number of nitrogens with zero attached hydrogens (tertiary/aromatic N) is 3. The third-order valence-corrected chi connectivity index (χ3v) is 4.68. The summed E-state index contributed by atoms with van der Waals surface area (Å²) in [5, 5.41) is 11.8. The average molecular weight is 381 g/mol. The molecule has 0 saturated heterocycles. The van der Waals surface area contributed by atoms with Gasteiger partial charge in [0.2, 0.25) is 0 Å². The van der Waals surface area contributed by atoms with Gasteiger partial charge in [-0.25, -0.2) is 4.98 Å². The Morgan fingerprint density at radius 3 is 2.79 bits per heavy atom. The molecule has 0 saturated carbocycles. The minimum atomic E-state index is -0.321. The lowest BCUT2D eigenvalue weighted by Gasteiger charge is -2.16. The molecule has 2 N–H and O–H groups in total. The Hall–Kier alpha value is -2.96. The van der Waals surface area contributed by atoms with Gasteiger partial charge in [-0.1, -0.05) is 39.7 Å². The summed E-state index contributed by atoms with van der Waals surface area (Å²) in [6.45, 7) is 7.23. The molecule has 3 aromatic rings. The molecule has 1 amide bonds. The summed E-state index contributed by atoms with van der Waals surface area (Å²) >= 11 is 0. The SMILES string of the molecule is CCCCCNC(=O)c1cc2c(=O)n3ccccc3nc2n(CC(C)C)c1=N. The molecule has 7 nitrogen and oxygen atoms in total. The molecule has 0 bridgehead atoms. The van der Waals surface area contributed by atoms with E-state index in [1.165, 1.54) is 10.5 Å². The summed E-state index contributed by atoms with van der Waals surface area (Å²) in [7, 11) is 0. The number of hydrogen-bond donors (Lipinski definition) is 2. The van der Waals surface area contributed by atoms with Gasteiger partial charge < -0.3 is 9.88 Å². The topological polar surface area (TPSA) is 92.2 Å². The van der Waals surface area contributed by atoms with Crippen LogP contribution >= 0.6 is 0 Å². The van der Waals surface area contributed by atoms with Gasteiger partial charge in [0.15, 0.2) is 0 Å². The van der Waals surface area contributed by atoms with E-state index in [-0.39, 0.29) is 28.4 Å².